The molecule has 4 aromatic rings. The third-order valence-corrected chi connectivity index (χ3v) is 5.57. The van der Waals surface area contributed by atoms with Crippen molar-refractivity contribution >= 4 is 22.7 Å². The van der Waals surface area contributed by atoms with Gasteiger partial charge in [0.15, 0.2) is 0 Å². The molecule has 4 rings (SSSR count). The predicted octanol–water partition coefficient (Wildman–Crippen LogP) is 6.32. The van der Waals surface area contributed by atoms with Gasteiger partial charge in [0.2, 0.25) is 0 Å². The van der Waals surface area contributed by atoms with Crippen LogP contribution in [0.2, 0.25) is 0 Å². The summed E-state index contributed by atoms with van der Waals surface area (Å²) < 4.78 is 14.9. The van der Waals surface area contributed by atoms with E-state index in [4.69, 9.17) is 0 Å². The zero-order valence-corrected chi connectivity index (χ0v) is 17.7. The van der Waals surface area contributed by atoms with Gasteiger partial charge in [-0.3, -0.25) is 0 Å². The molecule has 5 heteroatoms. The molecule has 0 amide bonds. The highest BCUT2D eigenvalue weighted by Gasteiger charge is 2.14. The summed E-state index contributed by atoms with van der Waals surface area (Å²) in [6.45, 7) is 6.03. The average molecular weight is 409 g/mol. The Hall–Kier alpha value is -2.63. The molecule has 1 heterocycles. The Labute approximate surface area is 175 Å². The van der Waals surface area contributed by atoms with Gasteiger partial charge in [-0.05, 0) is 60.5 Å². The first-order chi connectivity index (χ1) is 14.1. The topological polar surface area (TPSA) is 38.1 Å². The summed E-state index contributed by atoms with van der Waals surface area (Å²) in [5, 5.41) is 16.1. The Bertz CT molecular complexity index is 1060. The van der Waals surface area contributed by atoms with E-state index in [0.29, 0.717) is 5.75 Å². The van der Waals surface area contributed by atoms with E-state index in [2.05, 4.69) is 5.10 Å². The van der Waals surface area contributed by atoms with Gasteiger partial charge < -0.3 is 5.11 Å². The largest absolute Gasteiger partial charge is 0.388 e. The minimum Gasteiger partial charge on any atom is -0.388 e. The first-order valence-electron chi connectivity index (χ1n) is 9.72. The quantitative estimate of drug-likeness (QED) is 0.392. The van der Waals surface area contributed by atoms with Crippen LogP contribution in [0.25, 0.3) is 16.6 Å². The summed E-state index contributed by atoms with van der Waals surface area (Å²) in [6, 6.07) is 20.3. The van der Waals surface area contributed by atoms with E-state index in [1.807, 2.05) is 74.1 Å². The highest BCUT2D eigenvalue weighted by atomic mass is 32.2. The average Bonchev–Trinajstić information content (AvgIpc) is 3.20. The van der Waals surface area contributed by atoms with Crippen molar-refractivity contribution < 1.29 is 9.50 Å². The Kier molecular flexibility index (Phi) is 7.07. The van der Waals surface area contributed by atoms with Crippen LogP contribution in [0.3, 0.4) is 0 Å². The number of nitrogens with zero attached hydrogens (tertiary/aromatic N) is 2. The first kappa shape index (κ1) is 21.1. The molecule has 3 aromatic carbocycles. The van der Waals surface area contributed by atoms with Crippen LogP contribution in [0.4, 0.5) is 4.39 Å². The lowest BCUT2D eigenvalue weighted by Crippen LogP contribution is -2.02. The summed E-state index contributed by atoms with van der Waals surface area (Å²) in [7, 11) is 0. The highest BCUT2D eigenvalue weighted by Crippen LogP contribution is 2.29. The fourth-order valence-electron chi connectivity index (χ4n) is 3.16. The van der Waals surface area contributed by atoms with Crippen LogP contribution >= 0.6 is 11.8 Å². The summed E-state index contributed by atoms with van der Waals surface area (Å²) in [5.41, 5.74) is 3.98. The number of hydrogen-bond donors (Lipinski definition) is 1. The number of benzene rings is 3. The Morgan fingerprint density at radius 2 is 1.72 bits per heavy atom. The van der Waals surface area contributed by atoms with Crippen LogP contribution < -0.4 is 0 Å². The molecule has 0 radical (unpaired) electrons. The van der Waals surface area contributed by atoms with Crippen molar-refractivity contribution in [3.63, 3.8) is 0 Å². The van der Waals surface area contributed by atoms with Crippen molar-refractivity contribution in [1.29, 1.82) is 0 Å². The molecular weight excluding hydrogens is 383 g/mol. The molecule has 150 valence electrons. The van der Waals surface area contributed by atoms with E-state index >= 15 is 0 Å². The van der Waals surface area contributed by atoms with Crippen molar-refractivity contribution in [2.75, 3.05) is 5.75 Å². The van der Waals surface area contributed by atoms with Crippen LogP contribution in [0, 0.1) is 12.7 Å². The molecule has 3 nitrogen and oxygen atoms in total. The summed E-state index contributed by atoms with van der Waals surface area (Å²) in [4.78, 5) is 0.935. The van der Waals surface area contributed by atoms with Gasteiger partial charge in [-0.15, -0.1) is 11.8 Å². The summed E-state index contributed by atoms with van der Waals surface area (Å²) >= 11 is 1.51. The van der Waals surface area contributed by atoms with Gasteiger partial charge in [-0.1, -0.05) is 38.1 Å². The van der Waals surface area contributed by atoms with E-state index in [9.17, 15) is 9.50 Å². The minimum absolute atomic E-state index is 0.253. The molecule has 29 heavy (non-hydrogen) atoms. The molecule has 1 N–H and O–H groups in total. The van der Waals surface area contributed by atoms with Crippen molar-refractivity contribution in [3.05, 3.63) is 89.9 Å². The highest BCUT2D eigenvalue weighted by molar-refractivity contribution is 7.99. The maximum absolute atomic E-state index is 13.0. The minimum atomic E-state index is -0.608. The smallest absolute Gasteiger partial charge is 0.123 e. The lowest BCUT2D eigenvalue weighted by molar-refractivity contribution is 0.204. The Morgan fingerprint density at radius 1 is 1.03 bits per heavy atom. The third-order valence-electron chi connectivity index (χ3n) is 4.48. The molecule has 0 aliphatic carbocycles. The van der Waals surface area contributed by atoms with Gasteiger partial charge in [0.1, 0.15) is 5.82 Å². The second-order valence-electron chi connectivity index (χ2n) is 6.45. The second kappa shape index (κ2) is 9.72. The maximum atomic E-state index is 13.0. The van der Waals surface area contributed by atoms with Gasteiger partial charge in [0, 0.05) is 16.0 Å². The fraction of sp³-hybridized carbons (Fsp3) is 0.208. The van der Waals surface area contributed by atoms with E-state index in [0.717, 1.165) is 32.6 Å². The lowest BCUT2D eigenvalue weighted by Gasteiger charge is -2.13. The molecule has 0 saturated carbocycles. The van der Waals surface area contributed by atoms with E-state index in [1.54, 1.807) is 12.1 Å². The zero-order chi connectivity index (χ0) is 20.8. The molecule has 0 bridgehead atoms. The third kappa shape index (κ3) is 4.86. The number of aliphatic hydroxyl groups is 1. The number of rotatable bonds is 5. The van der Waals surface area contributed by atoms with Crippen LogP contribution in [0.15, 0.2) is 77.8 Å². The molecule has 0 spiro atoms. The monoisotopic (exact) mass is 408 g/mol. The lowest BCUT2D eigenvalue weighted by atomic mass is 10.0. The predicted molar refractivity (Wildman–Crippen MR) is 119 cm³/mol. The number of fused-ring (bicyclic) bond motifs is 1. The number of hydrogen-bond acceptors (Lipinski definition) is 3. The zero-order valence-electron chi connectivity index (χ0n) is 16.8. The molecule has 0 aliphatic heterocycles. The number of aryl methyl sites for hydroxylation is 1. The van der Waals surface area contributed by atoms with Gasteiger partial charge in [0.05, 0.1) is 23.5 Å². The van der Waals surface area contributed by atoms with Crippen molar-refractivity contribution in [1.82, 2.24) is 9.78 Å². The number of halogens is 1. The van der Waals surface area contributed by atoms with Crippen molar-refractivity contribution in [2.45, 2.75) is 31.8 Å². The number of aliphatic hydroxyl groups excluding tert-OH is 1. The number of thioether (sulfide) groups is 1. The molecule has 1 aromatic heterocycles. The fourth-order valence-corrected chi connectivity index (χ4v) is 4.03. The molecule has 1 unspecified atom stereocenters. The van der Waals surface area contributed by atoms with Gasteiger partial charge in [-0.2, -0.15) is 5.10 Å². The Morgan fingerprint density at radius 3 is 2.41 bits per heavy atom. The number of aromatic nitrogens is 2. The maximum Gasteiger partial charge on any atom is 0.123 e. The molecular formula is C24H25FN2OS. The van der Waals surface area contributed by atoms with Gasteiger partial charge >= 0.3 is 0 Å². The van der Waals surface area contributed by atoms with Crippen molar-refractivity contribution in [3.8, 4) is 5.69 Å². The second-order valence-corrected chi connectivity index (χ2v) is 7.54. The first-order valence-corrected chi connectivity index (χ1v) is 10.7. The van der Waals surface area contributed by atoms with Crippen molar-refractivity contribution in [2.24, 2.45) is 0 Å². The Balaban J connectivity index is 0.00000117. The summed E-state index contributed by atoms with van der Waals surface area (Å²) in [6.07, 6.45) is 1.22. The van der Waals surface area contributed by atoms with Gasteiger partial charge in [-0.25, -0.2) is 9.07 Å². The molecule has 1 atom stereocenters. The van der Waals surface area contributed by atoms with E-state index in [-0.39, 0.29) is 5.82 Å². The normalized spacial score (nSPS) is 11.8. The number of para-hydroxylation sites is 1. The molecule has 0 saturated heterocycles. The molecule has 0 fully saturated rings. The molecule has 0 aliphatic rings. The van der Waals surface area contributed by atoms with Gasteiger partial charge in [0.25, 0.3) is 0 Å². The standard InChI is InChI=1S/C22H19FN2OS.C2H6/c1-15-11-16(21(26)14-27-20-9-7-18(23)8-10-20)12-17-13-24-25(22(15)17)19-5-3-2-4-6-19;1-2/h2-13,21,26H,14H2,1H3;1-2H3. The van der Waals surface area contributed by atoms with Crippen LogP contribution in [0.1, 0.15) is 31.1 Å². The van der Waals surface area contributed by atoms with Crippen LogP contribution in [-0.2, 0) is 0 Å². The summed E-state index contributed by atoms with van der Waals surface area (Å²) in [5.74, 6) is 0.250. The van der Waals surface area contributed by atoms with E-state index < -0.39 is 6.10 Å². The van der Waals surface area contributed by atoms with Crippen LogP contribution in [0.5, 0.6) is 0 Å². The van der Waals surface area contributed by atoms with Crippen LogP contribution in [-0.4, -0.2) is 20.6 Å². The van der Waals surface area contributed by atoms with E-state index in [1.165, 1.54) is 23.9 Å². The SMILES string of the molecule is CC.Cc1cc(C(O)CSc2ccc(F)cc2)cc2cnn(-c3ccccc3)c12.